The van der Waals surface area contributed by atoms with Crippen molar-refractivity contribution in [2.75, 3.05) is 20.3 Å². The Hall–Kier alpha value is -2.08. The monoisotopic (exact) mass is 303 g/mol. The minimum atomic E-state index is 0.0597. The Morgan fingerprint density at radius 3 is 3.00 bits per heavy atom. The van der Waals surface area contributed by atoms with Crippen molar-refractivity contribution >= 4 is 0 Å². The van der Waals surface area contributed by atoms with Gasteiger partial charge in [0.25, 0.3) is 0 Å². The molecule has 6 heteroatoms. The average Bonchev–Trinajstić information content (AvgIpc) is 2.93. The maximum atomic E-state index is 5.85. The first-order chi connectivity index (χ1) is 10.7. The predicted molar refractivity (Wildman–Crippen MR) is 81.0 cm³/mol. The van der Waals surface area contributed by atoms with Gasteiger partial charge in [-0.25, -0.2) is 0 Å². The van der Waals surface area contributed by atoms with E-state index in [-0.39, 0.29) is 6.04 Å². The first-order valence-electron chi connectivity index (χ1n) is 7.57. The lowest BCUT2D eigenvalue weighted by Crippen LogP contribution is -2.29. The fourth-order valence-corrected chi connectivity index (χ4v) is 2.57. The quantitative estimate of drug-likeness (QED) is 0.865. The van der Waals surface area contributed by atoms with Crippen molar-refractivity contribution in [3.05, 3.63) is 35.5 Å². The molecule has 22 heavy (non-hydrogen) atoms. The number of nitrogens with zero attached hydrogens (tertiary/aromatic N) is 3. The van der Waals surface area contributed by atoms with Crippen LogP contribution in [0.1, 0.15) is 37.2 Å². The van der Waals surface area contributed by atoms with Crippen molar-refractivity contribution in [2.45, 2.75) is 32.9 Å². The molecule has 0 saturated carbocycles. The van der Waals surface area contributed by atoms with Crippen molar-refractivity contribution in [3.63, 3.8) is 0 Å². The summed E-state index contributed by atoms with van der Waals surface area (Å²) in [5, 5.41) is 3.98. The largest absolute Gasteiger partial charge is 0.497 e. The van der Waals surface area contributed by atoms with Crippen molar-refractivity contribution < 1.29 is 14.0 Å². The van der Waals surface area contributed by atoms with Gasteiger partial charge >= 0.3 is 0 Å². The van der Waals surface area contributed by atoms with E-state index in [1.165, 1.54) is 0 Å². The second-order valence-electron chi connectivity index (χ2n) is 5.37. The summed E-state index contributed by atoms with van der Waals surface area (Å²) < 4.78 is 16.5. The van der Waals surface area contributed by atoms with Gasteiger partial charge in [-0.2, -0.15) is 4.98 Å². The Labute approximate surface area is 130 Å². The van der Waals surface area contributed by atoms with Crippen LogP contribution in [-0.2, 0) is 13.0 Å². The lowest BCUT2D eigenvalue weighted by molar-refractivity contribution is 0.151. The van der Waals surface area contributed by atoms with Gasteiger partial charge in [0.05, 0.1) is 13.2 Å². The molecule has 1 atom stereocenters. The van der Waals surface area contributed by atoms with Crippen LogP contribution in [0.4, 0.5) is 0 Å². The second kappa shape index (κ2) is 6.36. The lowest BCUT2D eigenvalue weighted by atomic mass is 10.1. The molecule has 2 heterocycles. The van der Waals surface area contributed by atoms with Crippen LogP contribution in [0, 0.1) is 0 Å². The van der Waals surface area contributed by atoms with Crippen LogP contribution < -0.4 is 9.47 Å². The van der Waals surface area contributed by atoms with Crippen LogP contribution in [0.25, 0.3) is 0 Å². The smallest absolute Gasteiger partial charge is 0.243 e. The summed E-state index contributed by atoms with van der Waals surface area (Å²) in [5.74, 6) is 3.10. The van der Waals surface area contributed by atoms with Gasteiger partial charge in [0, 0.05) is 31.1 Å². The Bertz CT molecular complexity index is 641. The van der Waals surface area contributed by atoms with Crippen molar-refractivity contribution in [1.82, 2.24) is 15.0 Å². The summed E-state index contributed by atoms with van der Waals surface area (Å²) in [6, 6.07) is 6.00. The summed E-state index contributed by atoms with van der Waals surface area (Å²) in [6.07, 6.45) is 0.780. The number of fused-ring (bicyclic) bond motifs is 1. The molecule has 0 radical (unpaired) electrons. The third-order valence-electron chi connectivity index (χ3n) is 3.99. The third-order valence-corrected chi connectivity index (χ3v) is 3.99. The molecule has 0 fully saturated rings. The zero-order chi connectivity index (χ0) is 15.5. The van der Waals surface area contributed by atoms with E-state index in [1.54, 1.807) is 7.11 Å². The van der Waals surface area contributed by atoms with E-state index in [0.717, 1.165) is 42.4 Å². The summed E-state index contributed by atoms with van der Waals surface area (Å²) in [4.78, 5) is 6.72. The number of aryl methyl sites for hydroxylation is 1. The highest BCUT2D eigenvalue weighted by Gasteiger charge is 2.25. The summed E-state index contributed by atoms with van der Waals surface area (Å²) in [6.45, 7) is 6.32. The van der Waals surface area contributed by atoms with Crippen LogP contribution in [0.5, 0.6) is 11.5 Å². The van der Waals surface area contributed by atoms with E-state index in [0.29, 0.717) is 12.5 Å². The van der Waals surface area contributed by atoms with Crippen LogP contribution in [0.2, 0.25) is 0 Å². The lowest BCUT2D eigenvalue weighted by Gasteiger charge is -2.24. The second-order valence-corrected chi connectivity index (χ2v) is 5.37. The fraction of sp³-hybridized carbons (Fsp3) is 0.500. The summed E-state index contributed by atoms with van der Waals surface area (Å²) >= 11 is 0. The number of methoxy groups -OCH3 is 1. The minimum absolute atomic E-state index is 0.0597. The SMILES string of the molecule is CCc1noc(C(C)N2CCOc3cc(OC)ccc3C2)n1. The summed E-state index contributed by atoms with van der Waals surface area (Å²) in [7, 11) is 1.66. The maximum Gasteiger partial charge on any atom is 0.243 e. The molecule has 1 aliphatic heterocycles. The van der Waals surface area contributed by atoms with E-state index < -0.39 is 0 Å². The van der Waals surface area contributed by atoms with E-state index in [9.17, 15) is 0 Å². The van der Waals surface area contributed by atoms with Gasteiger partial charge in [-0.05, 0) is 13.0 Å². The summed E-state index contributed by atoms with van der Waals surface area (Å²) in [5.41, 5.74) is 1.14. The van der Waals surface area contributed by atoms with E-state index in [2.05, 4.69) is 22.0 Å². The molecule has 2 aromatic rings. The van der Waals surface area contributed by atoms with Crippen LogP contribution in [0.15, 0.2) is 22.7 Å². The third kappa shape index (κ3) is 2.92. The molecule has 0 saturated heterocycles. The maximum absolute atomic E-state index is 5.85. The zero-order valence-corrected chi connectivity index (χ0v) is 13.2. The standard InChI is InChI=1S/C16H21N3O3/c1-4-15-17-16(22-18-15)11(2)19-7-8-21-14-9-13(20-3)6-5-12(14)10-19/h5-6,9,11H,4,7-8,10H2,1-3H3. The Morgan fingerprint density at radius 2 is 2.27 bits per heavy atom. The number of aromatic nitrogens is 2. The average molecular weight is 303 g/mol. The molecule has 1 aromatic heterocycles. The molecule has 1 aliphatic rings. The number of hydrogen-bond donors (Lipinski definition) is 0. The first-order valence-corrected chi connectivity index (χ1v) is 7.57. The predicted octanol–water partition coefficient (Wildman–Crippen LogP) is 2.60. The molecule has 0 aliphatic carbocycles. The molecule has 1 unspecified atom stereocenters. The zero-order valence-electron chi connectivity index (χ0n) is 13.2. The molecular formula is C16H21N3O3. The molecule has 0 bridgehead atoms. The topological polar surface area (TPSA) is 60.6 Å². The molecule has 118 valence electrons. The van der Waals surface area contributed by atoms with Crippen molar-refractivity contribution in [3.8, 4) is 11.5 Å². The Kier molecular flexibility index (Phi) is 4.29. The van der Waals surface area contributed by atoms with Gasteiger partial charge in [-0.1, -0.05) is 18.1 Å². The Balaban J connectivity index is 1.80. The normalized spacial score (nSPS) is 16.5. The van der Waals surface area contributed by atoms with Gasteiger partial charge in [0.15, 0.2) is 5.82 Å². The van der Waals surface area contributed by atoms with Gasteiger partial charge in [0.1, 0.15) is 18.1 Å². The van der Waals surface area contributed by atoms with Gasteiger partial charge in [0.2, 0.25) is 5.89 Å². The van der Waals surface area contributed by atoms with Crippen LogP contribution in [0.3, 0.4) is 0 Å². The molecular weight excluding hydrogens is 282 g/mol. The molecule has 0 spiro atoms. The molecule has 3 rings (SSSR count). The molecule has 0 amide bonds. The van der Waals surface area contributed by atoms with Crippen LogP contribution >= 0.6 is 0 Å². The van der Waals surface area contributed by atoms with Gasteiger partial charge in [-0.3, -0.25) is 4.90 Å². The van der Waals surface area contributed by atoms with Crippen molar-refractivity contribution in [2.24, 2.45) is 0 Å². The highest BCUT2D eigenvalue weighted by Crippen LogP contribution is 2.30. The van der Waals surface area contributed by atoms with E-state index in [4.69, 9.17) is 14.0 Å². The first kappa shape index (κ1) is 14.8. The number of rotatable bonds is 4. The number of benzene rings is 1. The molecule has 1 aromatic carbocycles. The fourth-order valence-electron chi connectivity index (χ4n) is 2.57. The Morgan fingerprint density at radius 1 is 1.41 bits per heavy atom. The molecule has 6 nitrogen and oxygen atoms in total. The number of hydrogen-bond acceptors (Lipinski definition) is 6. The van der Waals surface area contributed by atoms with E-state index >= 15 is 0 Å². The van der Waals surface area contributed by atoms with E-state index in [1.807, 2.05) is 25.1 Å². The van der Waals surface area contributed by atoms with Gasteiger partial charge in [-0.15, -0.1) is 0 Å². The number of ether oxygens (including phenoxy) is 2. The molecule has 0 N–H and O–H groups in total. The van der Waals surface area contributed by atoms with Crippen molar-refractivity contribution in [1.29, 1.82) is 0 Å². The van der Waals surface area contributed by atoms with Gasteiger partial charge < -0.3 is 14.0 Å². The minimum Gasteiger partial charge on any atom is -0.497 e. The highest BCUT2D eigenvalue weighted by atomic mass is 16.5. The van der Waals surface area contributed by atoms with Crippen LogP contribution in [-0.4, -0.2) is 35.3 Å². The highest BCUT2D eigenvalue weighted by molar-refractivity contribution is 5.41.